The molecule has 6 nitrogen and oxygen atoms in total. The van der Waals surface area contributed by atoms with Crippen LogP contribution in [0.5, 0.6) is 0 Å². The maximum atomic E-state index is 11.8. The van der Waals surface area contributed by atoms with Crippen molar-refractivity contribution in [3.63, 3.8) is 0 Å². The lowest BCUT2D eigenvalue weighted by atomic mass is 10.1. The van der Waals surface area contributed by atoms with E-state index in [4.69, 9.17) is 5.26 Å². The lowest BCUT2D eigenvalue weighted by Crippen LogP contribution is -2.14. The lowest BCUT2D eigenvalue weighted by Gasteiger charge is -2.05. The number of benzene rings is 1. The van der Waals surface area contributed by atoms with Crippen molar-refractivity contribution < 1.29 is 4.79 Å². The van der Waals surface area contributed by atoms with Gasteiger partial charge in [0.2, 0.25) is 5.91 Å². The smallest absolute Gasteiger partial charge is 0.234 e. The van der Waals surface area contributed by atoms with Gasteiger partial charge in [0.1, 0.15) is 6.33 Å². The zero-order valence-electron chi connectivity index (χ0n) is 10.9. The highest BCUT2D eigenvalue weighted by atomic mass is 32.2. The Hall–Kier alpha value is -2.33. The monoisotopic (exact) mass is 287 g/mol. The lowest BCUT2D eigenvalue weighted by molar-refractivity contribution is -0.113. The highest BCUT2D eigenvalue weighted by Gasteiger charge is 2.07. The Morgan fingerprint density at radius 2 is 2.20 bits per heavy atom. The molecule has 2 rings (SSSR count). The van der Waals surface area contributed by atoms with Gasteiger partial charge < -0.3 is 9.88 Å². The Kier molecular flexibility index (Phi) is 4.74. The predicted molar refractivity (Wildman–Crippen MR) is 76.1 cm³/mol. The van der Waals surface area contributed by atoms with E-state index in [1.54, 1.807) is 23.0 Å². The number of carbonyl (C=O) groups excluding carboxylic acids is 1. The molecule has 1 N–H and O–H groups in total. The van der Waals surface area contributed by atoms with Crippen molar-refractivity contribution in [2.45, 2.75) is 11.6 Å². The molecule has 102 valence electrons. The maximum Gasteiger partial charge on any atom is 0.234 e. The van der Waals surface area contributed by atoms with Crippen molar-refractivity contribution >= 4 is 23.4 Å². The van der Waals surface area contributed by atoms with Gasteiger partial charge in [0, 0.05) is 12.7 Å². The van der Waals surface area contributed by atoms with Crippen molar-refractivity contribution in [3.8, 4) is 6.07 Å². The summed E-state index contributed by atoms with van der Waals surface area (Å²) in [5.41, 5.74) is 1.65. The van der Waals surface area contributed by atoms with Crippen LogP contribution in [0.2, 0.25) is 0 Å². The van der Waals surface area contributed by atoms with Gasteiger partial charge >= 0.3 is 0 Å². The van der Waals surface area contributed by atoms with E-state index in [9.17, 15) is 4.79 Å². The van der Waals surface area contributed by atoms with E-state index in [0.717, 1.165) is 11.3 Å². The molecule has 0 unspecified atom stereocenters. The van der Waals surface area contributed by atoms with E-state index < -0.39 is 0 Å². The minimum absolute atomic E-state index is 0.106. The summed E-state index contributed by atoms with van der Waals surface area (Å²) in [5.74, 6) is 0.165. The van der Waals surface area contributed by atoms with Crippen molar-refractivity contribution in [3.05, 3.63) is 36.2 Å². The normalized spacial score (nSPS) is 10.0. The first kappa shape index (κ1) is 14.1. The number of aromatic nitrogens is 3. The molecule has 1 heterocycles. The minimum Gasteiger partial charge on any atom is -0.325 e. The fourth-order valence-corrected chi connectivity index (χ4v) is 2.22. The van der Waals surface area contributed by atoms with E-state index in [-0.39, 0.29) is 11.7 Å². The Balaban J connectivity index is 1.85. The average molecular weight is 287 g/mol. The standard InChI is InChI=1S/C13H13N5OS/c1-18-9-15-17-13(18)20-8-12(19)16-11-4-2-10(3-5-11)6-7-14/h2-5,9H,6,8H2,1H3,(H,16,19). The third-order valence-electron chi connectivity index (χ3n) is 2.52. The molecule has 0 aliphatic heterocycles. The first-order valence-corrected chi connectivity index (χ1v) is 6.90. The minimum atomic E-state index is -0.106. The summed E-state index contributed by atoms with van der Waals surface area (Å²) >= 11 is 1.33. The number of hydrogen-bond donors (Lipinski definition) is 1. The van der Waals surface area contributed by atoms with Crippen LogP contribution in [0, 0.1) is 11.3 Å². The van der Waals surface area contributed by atoms with Crippen molar-refractivity contribution in [1.29, 1.82) is 5.26 Å². The molecule has 0 aliphatic rings. The van der Waals surface area contributed by atoms with Crippen LogP contribution in [-0.4, -0.2) is 26.4 Å². The zero-order valence-corrected chi connectivity index (χ0v) is 11.7. The third kappa shape index (κ3) is 3.83. The van der Waals surface area contributed by atoms with Gasteiger partial charge in [-0.25, -0.2) is 0 Å². The maximum absolute atomic E-state index is 11.8. The number of hydrogen-bond acceptors (Lipinski definition) is 5. The third-order valence-corrected chi connectivity index (χ3v) is 3.56. The first-order chi connectivity index (χ1) is 9.69. The molecule has 7 heteroatoms. The van der Waals surface area contributed by atoms with Crippen LogP contribution in [0.15, 0.2) is 35.7 Å². The van der Waals surface area contributed by atoms with Crippen LogP contribution in [0.3, 0.4) is 0 Å². The number of anilines is 1. The summed E-state index contributed by atoms with van der Waals surface area (Å²) in [4.78, 5) is 11.8. The molecule has 0 spiro atoms. The summed E-state index contributed by atoms with van der Waals surface area (Å²) < 4.78 is 1.76. The summed E-state index contributed by atoms with van der Waals surface area (Å²) in [5, 5.41) is 19.7. The van der Waals surface area contributed by atoms with E-state index in [0.29, 0.717) is 11.6 Å². The number of rotatable bonds is 5. The average Bonchev–Trinajstić information content (AvgIpc) is 2.84. The quantitative estimate of drug-likeness (QED) is 0.845. The predicted octanol–water partition coefficient (Wildman–Crippen LogP) is 1.61. The number of carbonyl (C=O) groups is 1. The van der Waals surface area contributed by atoms with Gasteiger partial charge in [-0.05, 0) is 17.7 Å². The number of thioether (sulfide) groups is 1. The number of nitrogens with one attached hydrogen (secondary N) is 1. The molecule has 0 saturated heterocycles. The van der Waals surface area contributed by atoms with Crippen LogP contribution >= 0.6 is 11.8 Å². The Bertz CT molecular complexity index is 629. The van der Waals surface area contributed by atoms with E-state index in [1.165, 1.54) is 11.8 Å². The molecular formula is C13H13N5OS. The molecule has 0 atom stereocenters. The zero-order chi connectivity index (χ0) is 14.4. The molecule has 1 aromatic carbocycles. The molecule has 20 heavy (non-hydrogen) atoms. The van der Waals surface area contributed by atoms with Crippen molar-refractivity contribution in [2.24, 2.45) is 7.05 Å². The second kappa shape index (κ2) is 6.73. The molecule has 1 amide bonds. The van der Waals surface area contributed by atoms with Crippen LogP contribution in [0.25, 0.3) is 0 Å². The highest BCUT2D eigenvalue weighted by molar-refractivity contribution is 7.99. The second-order valence-electron chi connectivity index (χ2n) is 4.09. The summed E-state index contributed by atoms with van der Waals surface area (Å²) in [7, 11) is 1.83. The second-order valence-corrected chi connectivity index (χ2v) is 5.04. The summed E-state index contributed by atoms with van der Waals surface area (Å²) in [6, 6.07) is 9.31. The number of aryl methyl sites for hydroxylation is 1. The Morgan fingerprint density at radius 1 is 1.45 bits per heavy atom. The van der Waals surface area contributed by atoms with Gasteiger partial charge in [-0.2, -0.15) is 5.26 Å². The molecule has 0 bridgehead atoms. The summed E-state index contributed by atoms with van der Waals surface area (Å²) in [6.07, 6.45) is 1.96. The van der Waals surface area contributed by atoms with E-state index >= 15 is 0 Å². The molecule has 0 aliphatic carbocycles. The topological polar surface area (TPSA) is 83.6 Å². The fraction of sp³-hybridized carbons (Fsp3) is 0.231. The van der Waals surface area contributed by atoms with Gasteiger partial charge in [-0.1, -0.05) is 23.9 Å². The highest BCUT2D eigenvalue weighted by Crippen LogP contribution is 2.15. The molecule has 0 radical (unpaired) electrons. The molecule has 1 aromatic heterocycles. The van der Waals surface area contributed by atoms with Gasteiger partial charge in [-0.15, -0.1) is 10.2 Å². The fourth-order valence-electron chi connectivity index (χ4n) is 1.53. The van der Waals surface area contributed by atoms with Crippen LogP contribution in [0.1, 0.15) is 5.56 Å². The Morgan fingerprint density at radius 3 is 2.80 bits per heavy atom. The van der Waals surface area contributed by atoms with Crippen LogP contribution in [-0.2, 0) is 18.3 Å². The van der Waals surface area contributed by atoms with Gasteiger partial charge in [0.15, 0.2) is 5.16 Å². The molecule has 0 saturated carbocycles. The van der Waals surface area contributed by atoms with Crippen molar-refractivity contribution in [1.82, 2.24) is 14.8 Å². The number of amides is 1. The van der Waals surface area contributed by atoms with E-state index in [2.05, 4.69) is 21.6 Å². The molecular weight excluding hydrogens is 274 g/mol. The van der Waals surface area contributed by atoms with Crippen LogP contribution in [0.4, 0.5) is 5.69 Å². The van der Waals surface area contributed by atoms with Gasteiger partial charge in [0.25, 0.3) is 0 Å². The molecule has 0 fully saturated rings. The first-order valence-electron chi connectivity index (χ1n) is 5.91. The SMILES string of the molecule is Cn1cnnc1SCC(=O)Nc1ccc(CC#N)cc1. The summed E-state index contributed by atoms with van der Waals surface area (Å²) in [6.45, 7) is 0. The largest absolute Gasteiger partial charge is 0.325 e. The van der Waals surface area contributed by atoms with Crippen molar-refractivity contribution in [2.75, 3.05) is 11.1 Å². The van der Waals surface area contributed by atoms with E-state index in [1.807, 2.05) is 19.2 Å². The Labute approximate surface area is 120 Å². The molecule has 2 aromatic rings. The van der Waals surface area contributed by atoms with Gasteiger partial charge in [0.05, 0.1) is 18.2 Å². The number of nitriles is 1. The van der Waals surface area contributed by atoms with Gasteiger partial charge in [-0.3, -0.25) is 4.79 Å². The number of nitrogens with zero attached hydrogens (tertiary/aromatic N) is 4. The van der Waals surface area contributed by atoms with Crippen LogP contribution < -0.4 is 5.32 Å².